The van der Waals surface area contributed by atoms with Crippen LogP contribution in [0.1, 0.15) is 6.92 Å². The van der Waals surface area contributed by atoms with E-state index in [4.69, 9.17) is 0 Å². The first-order valence-corrected chi connectivity index (χ1v) is 3.68. The van der Waals surface area contributed by atoms with Gasteiger partial charge in [0, 0.05) is 20.0 Å². The van der Waals surface area contributed by atoms with Gasteiger partial charge in [0.05, 0.1) is 0 Å². The number of aromatic nitrogens is 2. The Labute approximate surface area is 74.4 Å². The Morgan fingerprint density at radius 1 is 1.62 bits per heavy atom. The molecule has 0 unspecified atom stereocenters. The van der Waals surface area contributed by atoms with E-state index >= 15 is 0 Å². The molecule has 6 nitrogen and oxygen atoms in total. The van der Waals surface area contributed by atoms with Gasteiger partial charge in [0.15, 0.2) is 0 Å². The highest BCUT2D eigenvalue weighted by molar-refractivity contribution is 5.86. The minimum Gasteiger partial charge on any atom is -0.373 e. The maximum Gasteiger partial charge on any atom is 0.254 e. The first-order valence-electron chi connectivity index (χ1n) is 3.68. The molecule has 1 rings (SSSR count). The Balaban J connectivity index is 3.01. The normalized spacial score (nSPS) is 9.38. The summed E-state index contributed by atoms with van der Waals surface area (Å²) in [5.41, 5.74) is -0.317. The van der Waals surface area contributed by atoms with Crippen LogP contribution in [0.5, 0.6) is 0 Å². The van der Waals surface area contributed by atoms with Crippen molar-refractivity contribution >= 4 is 17.7 Å². The lowest BCUT2D eigenvalue weighted by molar-refractivity contribution is -0.114. The molecule has 0 spiro atoms. The first kappa shape index (κ1) is 9.24. The van der Waals surface area contributed by atoms with Crippen LogP contribution in [-0.2, 0) is 4.79 Å². The average molecular weight is 182 g/mol. The summed E-state index contributed by atoms with van der Waals surface area (Å²) in [6, 6.07) is 1.30. The van der Waals surface area contributed by atoms with Gasteiger partial charge in [0.1, 0.15) is 5.82 Å². The number of hydrogen-bond acceptors (Lipinski definition) is 4. The molecule has 0 bridgehead atoms. The van der Waals surface area contributed by atoms with Gasteiger partial charge in [-0.05, 0) is 0 Å². The number of aromatic amines is 1. The zero-order chi connectivity index (χ0) is 9.84. The Bertz CT molecular complexity index is 371. The topological polar surface area (TPSA) is 86.9 Å². The summed E-state index contributed by atoms with van der Waals surface area (Å²) in [5.74, 6) is 0.272. The molecule has 1 heterocycles. The van der Waals surface area contributed by atoms with Crippen LogP contribution >= 0.6 is 0 Å². The van der Waals surface area contributed by atoms with Crippen LogP contribution in [0.2, 0.25) is 0 Å². The maximum atomic E-state index is 11.0. The van der Waals surface area contributed by atoms with E-state index < -0.39 is 0 Å². The molecule has 1 aromatic rings. The minimum atomic E-state index is -0.317. The maximum absolute atomic E-state index is 11.0. The number of hydrogen-bond donors (Lipinski definition) is 3. The molecular weight excluding hydrogens is 172 g/mol. The molecule has 13 heavy (non-hydrogen) atoms. The molecular formula is C7H10N4O2. The average Bonchev–Trinajstić information content (AvgIpc) is 2.01. The van der Waals surface area contributed by atoms with Gasteiger partial charge in [-0.15, -0.1) is 0 Å². The molecule has 0 saturated heterocycles. The van der Waals surface area contributed by atoms with Crippen molar-refractivity contribution in [2.75, 3.05) is 17.7 Å². The van der Waals surface area contributed by atoms with Gasteiger partial charge in [-0.25, -0.2) is 0 Å². The summed E-state index contributed by atoms with van der Waals surface area (Å²) in [7, 11) is 1.64. The summed E-state index contributed by atoms with van der Waals surface area (Å²) < 4.78 is 0. The van der Waals surface area contributed by atoms with Crippen molar-refractivity contribution in [2.24, 2.45) is 0 Å². The van der Waals surface area contributed by atoms with E-state index in [-0.39, 0.29) is 17.4 Å². The van der Waals surface area contributed by atoms with E-state index in [1.54, 1.807) is 7.05 Å². The van der Waals surface area contributed by atoms with Gasteiger partial charge in [-0.2, -0.15) is 4.98 Å². The standard InChI is InChI=1S/C7H10N4O2/c1-4(12)9-7-10-5(8-2)3-6(13)11-7/h3H,1-2H3,(H3,8,9,10,11,12,13). The minimum absolute atomic E-state index is 0.143. The summed E-state index contributed by atoms with van der Waals surface area (Å²) in [5, 5.41) is 5.07. The Hall–Kier alpha value is -1.85. The van der Waals surface area contributed by atoms with Crippen molar-refractivity contribution in [3.63, 3.8) is 0 Å². The van der Waals surface area contributed by atoms with Crippen molar-refractivity contribution in [2.45, 2.75) is 6.92 Å². The molecule has 0 aromatic carbocycles. The SMILES string of the molecule is CNc1cc(=O)[nH]c(NC(C)=O)n1. The van der Waals surface area contributed by atoms with Gasteiger partial charge < -0.3 is 5.32 Å². The molecule has 0 saturated carbocycles. The van der Waals surface area contributed by atoms with Gasteiger partial charge in [-0.3, -0.25) is 19.9 Å². The van der Waals surface area contributed by atoms with Crippen LogP contribution in [0, 0.1) is 0 Å². The molecule has 6 heteroatoms. The predicted octanol–water partition coefficient (Wildman–Crippen LogP) is -0.230. The first-order chi connectivity index (χ1) is 6.11. The number of amides is 1. The van der Waals surface area contributed by atoms with Crippen LogP contribution in [0.4, 0.5) is 11.8 Å². The molecule has 0 radical (unpaired) electrons. The van der Waals surface area contributed by atoms with Gasteiger partial charge in [0.25, 0.3) is 5.56 Å². The van der Waals surface area contributed by atoms with E-state index in [0.29, 0.717) is 5.82 Å². The van der Waals surface area contributed by atoms with Crippen LogP contribution < -0.4 is 16.2 Å². The van der Waals surface area contributed by atoms with Crippen LogP contribution in [0.3, 0.4) is 0 Å². The highest BCUT2D eigenvalue weighted by atomic mass is 16.1. The van der Waals surface area contributed by atoms with Crippen LogP contribution in [0.15, 0.2) is 10.9 Å². The number of H-pyrrole nitrogens is 1. The largest absolute Gasteiger partial charge is 0.373 e. The number of anilines is 2. The zero-order valence-corrected chi connectivity index (χ0v) is 7.34. The smallest absolute Gasteiger partial charge is 0.254 e. The molecule has 70 valence electrons. The molecule has 1 amide bonds. The van der Waals surface area contributed by atoms with Crippen molar-refractivity contribution in [3.8, 4) is 0 Å². The summed E-state index contributed by atoms with van der Waals surface area (Å²) in [6.45, 7) is 1.34. The van der Waals surface area contributed by atoms with E-state index in [1.165, 1.54) is 13.0 Å². The van der Waals surface area contributed by atoms with E-state index in [0.717, 1.165) is 0 Å². The van der Waals surface area contributed by atoms with Crippen molar-refractivity contribution in [1.82, 2.24) is 9.97 Å². The lowest BCUT2D eigenvalue weighted by Crippen LogP contribution is -2.16. The lowest BCUT2D eigenvalue weighted by Gasteiger charge is -2.02. The zero-order valence-electron chi connectivity index (χ0n) is 7.34. The Morgan fingerprint density at radius 2 is 2.31 bits per heavy atom. The third kappa shape index (κ3) is 2.58. The fourth-order valence-electron chi connectivity index (χ4n) is 0.812. The fourth-order valence-corrected chi connectivity index (χ4v) is 0.812. The molecule has 1 aromatic heterocycles. The van der Waals surface area contributed by atoms with Gasteiger partial charge in [-0.1, -0.05) is 0 Å². The van der Waals surface area contributed by atoms with E-state index in [9.17, 15) is 9.59 Å². The summed E-state index contributed by atoms with van der Waals surface area (Å²) >= 11 is 0. The monoisotopic (exact) mass is 182 g/mol. The second-order valence-electron chi connectivity index (χ2n) is 2.41. The summed E-state index contributed by atoms with van der Waals surface area (Å²) in [4.78, 5) is 27.9. The predicted molar refractivity (Wildman–Crippen MR) is 48.7 cm³/mol. The second kappa shape index (κ2) is 3.70. The molecule has 0 aliphatic carbocycles. The highest BCUT2D eigenvalue weighted by Crippen LogP contribution is 2.00. The molecule has 3 N–H and O–H groups in total. The molecule has 0 aliphatic heterocycles. The fraction of sp³-hybridized carbons (Fsp3) is 0.286. The number of rotatable bonds is 2. The quantitative estimate of drug-likeness (QED) is 0.589. The van der Waals surface area contributed by atoms with E-state index in [1.807, 2.05) is 0 Å². The number of carbonyl (C=O) groups is 1. The summed E-state index contributed by atoms with van der Waals surface area (Å²) in [6.07, 6.45) is 0. The third-order valence-corrected chi connectivity index (χ3v) is 1.29. The number of nitrogens with one attached hydrogen (secondary N) is 3. The Kier molecular flexibility index (Phi) is 2.63. The number of carbonyl (C=O) groups excluding carboxylic acids is 1. The van der Waals surface area contributed by atoms with Crippen molar-refractivity contribution < 1.29 is 4.79 Å². The van der Waals surface area contributed by atoms with Crippen molar-refractivity contribution in [3.05, 3.63) is 16.4 Å². The highest BCUT2D eigenvalue weighted by Gasteiger charge is 2.00. The molecule has 0 atom stereocenters. The van der Waals surface area contributed by atoms with Gasteiger partial charge >= 0.3 is 0 Å². The van der Waals surface area contributed by atoms with Crippen molar-refractivity contribution in [1.29, 1.82) is 0 Å². The van der Waals surface area contributed by atoms with Gasteiger partial charge in [0.2, 0.25) is 11.9 Å². The molecule has 0 aliphatic rings. The Morgan fingerprint density at radius 3 is 2.85 bits per heavy atom. The lowest BCUT2D eigenvalue weighted by atomic mass is 10.5. The van der Waals surface area contributed by atoms with E-state index in [2.05, 4.69) is 20.6 Å². The number of nitrogens with zero attached hydrogens (tertiary/aromatic N) is 1. The van der Waals surface area contributed by atoms with Crippen LogP contribution in [-0.4, -0.2) is 22.9 Å². The molecule has 0 fully saturated rings. The second-order valence-corrected chi connectivity index (χ2v) is 2.41. The van der Waals surface area contributed by atoms with Crippen LogP contribution in [0.25, 0.3) is 0 Å². The third-order valence-electron chi connectivity index (χ3n) is 1.29.